The van der Waals surface area contributed by atoms with Crippen molar-refractivity contribution in [2.24, 2.45) is 0 Å². The van der Waals surface area contributed by atoms with Crippen LogP contribution in [0.5, 0.6) is 0 Å². The Morgan fingerprint density at radius 3 is 2.59 bits per heavy atom. The van der Waals surface area contributed by atoms with Crippen molar-refractivity contribution >= 4 is 5.91 Å². The van der Waals surface area contributed by atoms with E-state index in [1.54, 1.807) is 0 Å². The van der Waals surface area contributed by atoms with Gasteiger partial charge in [0.15, 0.2) is 0 Å². The van der Waals surface area contributed by atoms with E-state index in [9.17, 15) is 9.90 Å². The molecule has 4 heteroatoms. The number of hydrogen-bond donors (Lipinski definition) is 2. The van der Waals surface area contributed by atoms with E-state index in [1.165, 1.54) is 5.56 Å². The van der Waals surface area contributed by atoms with E-state index in [-0.39, 0.29) is 18.1 Å². The van der Waals surface area contributed by atoms with E-state index in [0.29, 0.717) is 6.54 Å². The minimum atomic E-state index is -0.172. The van der Waals surface area contributed by atoms with E-state index in [0.717, 1.165) is 45.1 Å². The number of benzene rings is 1. The summed E-state index contributed by atoms with van der Waals surface area (Å²) in [6, 6.07) is 10.7. The molecule has 1 aromatic carbocycles. The SMILES string of the molecule is CN(CCCc1ccccc1)CC(=O)NC1CCC(O)CC1. The van der Waals surface area contributed by atoms with Gasteiger partial charge < -0.3 is 10.4 Å². The lowest BCUT2D eigenvalue weighted by molar-refractivity contribution is -0.123. The van der Waals surface area contributed by atoms with E-state index >= 15 is 0 Å². The smallest absolute Gasteiger partial charge is 0.234 e. The van der Waals surface area contributed by atoms with Gasteiger partial charge >= 0.3 is 0 Å². The number of aliphatic hydroxyl groups excluding tert-OH is 1. The summed E-state index contributed by atoms with van der Waals surface area (Å²) in [5.74, 6) is 0.101. The Balaban J connectivity index is 1.60. The number of aliphatic hydroxyl groups is 1. The van der Waals surface area contributed by atoms with Crippen molar-refractivity contribution in [2.75, 3.05) is 20.1 Å². The van der Waals surface area contributed by atoms with Crippen molar-refractivity contribution in [3.05, 3.63) is 35.9 Å². The van der Waals surface area contributed by atoms with E-state index in [2.05, 4.69) is 34.5 Å². The van der Waals surface area contributed by atoms with Gasteiger partial charge in [-0.2, -0.15) is 0 Å². The van der Waals surface area contributed by atoms with Crippen LogP contribution >= 0.6 is 0 Å². The van der Waals surface area contributed by atoms with E-state index < -0.39 is 0 Å². The molecule has 2 rings (SSSR count). The zero-order chi connectivity index (χ0) is 15.8. The maximum Gasteiger partial charge on any atom is 0.234 e. The summed E-state index contributed by atoms with van der Waals surface area (Å²) in [5.41, 5.74) is 1.35. The first kappa shape index (κ1) is 17.0. The van der Waals surface area contributed by atoms with Crippen LogP contribution in [0.2, 0.25) is 0 Å². The minimum Gasteiger partial charge on any atom is -0.393 e. The molecular formula is C18H28N2O2. The number of carbonyl (C=O) groups excluding carboxylic acids is 1. The summed E-state index contributed by atoms with van der Waals surface area (Å²) in [5, 5.41) is 12.6. The number of carbonyl (C=O) groups is 1. The van der Waals surface area contributed by atoms with Crippen molar-refractivity contribution in [3.8, 4) is 0 Å². The summed E-state index contributed by atoms with van der Waals surface area (Å²) in [4.78, 5) is 14.1. The maximum atomic E-state index is 12.0. The summed E-state index contributed by atoms with van der Waals surface area (Å²) in [6.07, 6.45) is 5.33. The highest BCUT2D eigenvalue weighted by Gasteiger charge is 2.20. The monoisotopic (exact) mass is 304 g/mol. The molecule has 0 spiro atoms. The molecule has 0 aliphatic heterocycles. The molecule has 2 N–H and O–H groups in total. The maximum absolute atomic E-state index is 12.0. The van der Waals surface area contributed by atoms with Crippen molar-refractivity contribution in [3.63, 3.8) is 0 Å². The van der Waals surface area contributed by atoms with Crippen LogP contribution in [0.25, 0.3) is 0 Å². The zero-order valence-corrected chi connectivity index (χ0v) is 13.5. The zero-order valence-electron chi connectivity index (χ0n) is 13.5. The molecule has 0 atom stereocenters. The molecule has 1 saturated carbocycles. The van der Waals surface area contributed by atoms with Gasteiger partial charge in [-0.3, -0.25) is 9.69 Å². The first-order valence-corrected chi connectivity index (χ1v) is 8.33. The summed E-state index contributed by atoms with van der Waals surface area (Å²) in [7, 11) is 2.00. The van der Waals surface area contributed by atoms with Crippen molar-refractivity contribution < 1.29 is 9.90 Å². The van der Waals surface area contributed by atoms with Gasteiger partial charge in [0, 0.05) is 6.04 Å². The van der Waals surface area contributed by atoms with Crippen LogP contribution in [0, 0.1) is 0 Å². The first-order valence-electron chi connectivity index (χ1n) is 8.33. The van der Waals surface area contributed by atoms with Crippen LogP contribution < -0.4 is 5.32 Å². The fourth-order valence-electron chi connectivity index (χ4n) is 3.02. The Morgan fingerprint density at radius 1 is 1.23 bits per heavy atom. The molecule has 1 aliphatic carbocycles. The van der Waals surface area contributed by atoms with Crippen LogP contribution in [0.1, 0.15) is 37.7 Å². The van der Waals surface area contributed by atoms with E-state index in [1.807, 2.05) is 13.1 Å². The van der Waals surface area contributed by atoms with Gasteiger partial charge in [-0.15, -0.1) is 0 Å². The number of nitrogens with one attached hydrogen (secondary N) is 1. The largest absolute Gasteiger partial charge is 0.393 e. The van der Waals surface area contributed by atoms with Crippen molar-refractivity contribution in [1.82, 2.24) is 10.2 Å². The molecular weight excluding hydrogens is 276 g/mol. The molecule has 0 unspecified atom stereocenters. The highest BCUT2D eigenvalue weighted by Crippen LogP contribution is 2.18. The van der Waals surface area contributed by atoms with Crippen LogP contribution in [0.3, 0.4) is 0 Å². The average Bonchev–Trinajstić information content (AvgIpc) is 2.50. The van der Waals surface area contributed by atoms with Gasteiger partial charge in [-0.25, -0.2) is 0 Å². The second kappa shape index (κ2) is 8.91. The summed E-state index contributed by atoms with van der Waals surface area (Å²) >= 11 is 0. The third-order valence-corrected chi connectivity index (χ3v) is 4.32. The van der Waals surface area contributed by atoms with Crippen molar-refractivity contribution in [2.45, 2.75) is 50.7 Å². The lowest BCUT2D eigenvalue weighted by atomic mass is 9.93. The van der Waals surface area contributed by atoms with Gasteiger partial charge in [-0.1, -0.05) is 30.3 Å². The number of nitrogens with zero attached hydrogens (tertiary/aromatic N) is 1. The number of amides is 1. The Labute approximate surface area is 133 Å². The predicted molar refractivity (Wildman–Crippen MR) is 88.7 cm³/mol. The molecule has 1 fully saturated rings. The van der Waals surface area contributed by atoms with Crippen LogP contribution in [0.4, 0.5) is 0 Å². The Bertz CT molecular complexity index is 442. The molecule has 4 nitrogen and oxygen atoms in total. The van der Waals surface area contributed by atoms with Crippen LogP contribution in [-0.2, 0) is 11.2 Å². The molecule has 22 heavy (non-hydrogen) atoms. The highest BCUT2D eigenvalue weighted by atomic mass is 16.3. The molecule has 1 aromatic rings. The molecule has 122 valence electrons. The van der Waals surface area contributed by atoms with Gasteiger partial charge in [0.2, 0.25) is 5.91 Å². The highest BCUT2D eigenvalue weighted by molar-refractivity contribution is 5.78. The van der Waals surface area contributed by atoms with Crippen LogP contribution in [-0.4, -0.2) is 48.2 Å². The second-order valence-corrected chi connectivity index (χ2v) is 6.40. The molecule has 1 amide bonds. The first-order chi connectivity index (χ1) is 10.6. The minimum absolute atomic E-state index is 0.101. The lowest BCUT2D eigenvalue weighted by Gasteiger charge is -2.27. The molecule has 0 bridgehead atoms. The van der Waals surface area contributed by atoms with Crippen LogP contribution in [0.15, 0.2) is 30.3 Å². The van der Waals surface area contributed by atoms with Gasteiger partial charge in [0.25, 0.3) is 0 Å². The molecule has 0 heterocycles. The van der Waals surface area contributed by atoms with Gasteiger partial charge in [0.05, 0.1) is 12.6 Å². The number of hydrogen-bond acceptors (Lipinski definition) is 3. The number of likely N-dealkylation sites (N-methyl/N-ethyl adjacent to an activating group) is 1. The standard InChI is InChI=1S/C18H28N2O2/c1-20(13-5-8-15-6-3-2-4-7-15)14-18(22)19-16-9-11-17(21)12-10-16/h2-4,6-7,16-17,21H,5,8-14H2,1H3,(H,19,22). The number of aryl methyl sites for hydroxylation is 1. The van der Waals surface area contributed by atoms with E-state index in [4.69, 9.17) is 0 Å². The Morgan fingerprint density at radius 2 is 1.91 bits per heavy atom. The topological polar surface area (TPSA) is 52.6 Å². The van der Waals surface area contributed by atoms with Crippen molar-refractivity contribution in [1.29, 1.82) is 0 Å². The number of rotatable bonds is 7. The quantitative estimate of drug-likeness (QED) is 0.810. The Hall–Kier alpha value is -1.39. The fourth-order valence-corrected chi connectivity index (χ4v) is 3.02. The normalized spacial score (nSPS) is 21.8. The third kappa shape index (κ3) is 6.16. The van der Waals surface area contributed by atoms with Gasteiger partial charge in [-0.05, 0) is 57.7 Å². The molecule has 0 aromatic heterocycles. The average molecular weight is 304 g/mol. The Kier molecular flexibility index (Phi) is 6.87. The second-order valence-electron chi connectivity index (χ2n) is 6.40. The molecule has 0 radical (unpaired) electrons. The molecule has 1 aliphatic rings. The lowest BCUT2D eigenvalue weighted by Crippen LogP contribution is -2.43. The third-order valence-electron chi connectivity index (χ3n) is 4.32. The van der Waals surface area contributed by atoms with Gasteiger partial charge in [0.1, 0.15) is 0 Å². The fraction of sp³-hybridized carbons (Fsp3) is 0.611. The molecule has 0 saturated heterocycles. The predicted octanol–water partition coefficient (Wildman–Crippen LogP) is 1.97. The summed E-state index contributed by atoms with van der Waals surface area (Å²) < 4.78 is 0. The summed E-state index contributed by atoms with van der Waals surface area (Å²) in [6.45, 7) is 1.37.